The van der Waals surface area contributed by atoms with E-state index in [-0.39, 0.29) is 54.4 Å². The molecule has 24 nitrogen and oxygen atoms in total. The summed E-state index contributed by atoms with van der Waals surface area (Å²) >= 11 is 0. The van der Waals surface area contributed by atoms with Crippen LogP contribution in [-0.4, -0.2) is 159 Å². The Morgan fingerprint density at radius 1 is 0.622 bits per heavy atom. The van der Waals surface area contributed by atoms with Gasteiger partial charge in [-0.2, -0.15) is 31.3 Å². The number of ketones is 1. The first-order valence-corrected chi connectivity index (χ1v) is 27.8. The highest BCUT2D eigenvalue weighted by atomic mass is 19.4. The Hall–Kier alpha value is -10.2. The van der Waals surface area contributed by atoms with Crippen molar-refractivity contribution in [2.75, 3.05) is 63.1 Å². The van der Waals surface area contributed by atoms with E-state index in [1.165, 1.54) is 20.2 Å². The predicted molar refractivity (Wildman–Crippen MR) is 335 cm³/mol. The highest BCUT2D eigenvalue weighted by molar-refractivity contribution is 5.99. The molecule has 0 saturated carbocycles. The molecule has 11 rings (SSSR count). The summed E-state index contributed by atoms with van der Waals surface area (Å²) in [6, 6.07) is 16.2. The van der Waals surface area contributed by atoms with Gasteiger partial charge < -0.3 is 55.7 Å². The van der Waals surface area contributed by atoms with Crippen molar-refractivity contribution < 1.29 is 69.3 Å². The summed E-state index contributed by atoms with van der Waals surface area (Å²) in [7, 11) is 3.09. The van der Waals surface area contributed by atoms with Crippen molar-refractivity contribution in [3.8, 4) is 45.7 Å². The molecule has 1 fully saturated rings. The molecule has 0 atom stereocenters. The van der Waals surface area contributed by atoms with E-state index in [0.29, 0.717) is 74.0 Å². The molecule has 0 spiro atoms. The summed E-state index contributed by atoms with van der Waals surface area (Å²) in [5, 5.41) is 16.6. The van der Waals surface area contributed by atoms with Gasteiger partial charge in [0.1, 0.15) is 64.7 Å². The zero-order valence-electron chi connectivity index (χ0n) is 49.2. The normalized spacial score (nSPS) is 13.4. The highest BCUT2D eigenvalue weighted by Crippen LogP contribution is 2.38. The van der Waals surface area contributed by atoms with Gasteiger partial charge in [-0.25, -0.2) is 49.2 Å². The van der Waals surface area contributed by atoms with E-state index < -0.39 is 66.7 Å². The van der Waals surface area contributed by atoms with Crippen molar-refractivity contribution in [2.45, 2.75) is 82.3 Å². The Labute approximate surface area is 518 Å². The van der Waals surface area contributed by atoms with E-state index in [2.05, 4.69) is 76.1 Å². The summed E-state index contributed by atoms with van der Waals surface area (Å²) < 4.78 is 104. The third-order valence-electron chi connectivity index (χ3n) is 14.2. The van der Waals surface area contributed by atoms with E-state index in [1.54, 1.807) is 102 Å². The monoisotopic (exact) mass is 1260 g/mol. The molecular formula is C59H75F7N18O6. The van der Waals surface area contributed by atoms with E-state index >= 15 is 0 Å². The van der Waals surface area contributed by atoms with Crippen LogP contribution in [0.2, 0.25) is 0 Å². The molecule has 1 aromatic carbocycles. The standard InChI is InChI=1S/C23H25FN6O3.C20H20F3N5O2.C16H16F3N7O.7H2/c1-23(2,22(31)26-9-7-24)30-21-14-10-17(32-3)18(33-4)11-16(14)28-20(29-21)15-12-27-19-13(15)6-5-8-25-19;21-20(22,23)5-3-15(29)19(6-10-30-11-7-19)28-16-4-9-25-18(27-16)14-12-26-17-13(14)2-1-8-24-17;1-15(2,13(27)22-7-16(17,18)19)26-14-24-8-23-12(25-14)10-6-21-11-9(10)4-3-5-20-11;;;;;;;/h5-6,8,10-12H,7,9H2,1-4H3,(H,25,27)(H,26,31)(H,28,29,30);1-2,4,8-9,12H,3,5-7,10-11H2,(H,24,26)(H,25,27,28);3-6,8H,7H2,1-2H3,(H,20,21)(H,22,27)(H,23,24,25,26);7*1H. The third kappa shape index (κ3) is 15.4. The topological polar surface area (TPSA) is 315 Å². The van der Waals surface area contributed by atoms with Crippen molar-refractivity contribution in [1.82, 2.24) is 75.4 Å². The molecule has 486 valence electrons. The third-order valence-corrected chi connectivity index (χ3v) is 14.2. The number of hydrogen-bond acceptors (Lipinski definition) is 19. The summed E-state index contributed by atoms with van der Waals surface area (Å²) in [6.07, 6.45) is 3.01. The molecule has 31 heteroatoms. The maximum Gasteiger partial charge on any atom is 0.405 e. The van der Waals surface area contributed by atoms with Gasteiger partial charge in [0.25, 0.3) is 0 Å². The number of Topliss-reactive ketones (excluding diaryl/α,β-unsaturated/α-hetero) is 1. The van der Waals surface area contributed by atoms with Crippen LogP contribution in [0.25, 0.3) is 78.2 Å². The van der Waals surface area contributed by atoms with E-state index in [9.17, 15) is 45.1 Å². The molecule has 1 aliphatic rings. The number of hydrogen-bond donors (Lipinski definition) is 8. The smallest absolute Gasteiger partial charge is 0.405 e. The Bertz CT molecular complexity index is 4200. The van der Waals surface area contributed by atoms with Crippen molar-refractivity contribution in [3.05, 3.63) is 104 Å². The highest BCUT2D eigenvalue weighted by Gasteiger charge is 2.42. The fraction of sp³-hybridized carbons (Fsp3) is 0.339. The lowest BCUT2D eigenvalue weighted by atomic mass is 9.83. The molecule has 0 bridgehead atoms. The second-order valence-electron chi connectivity index (χ2n) is 21.4. The second-order valence-corrected chi connectivity index (χ2v) is 21.4. The second kappa shape index (κ2) is 27.0. The molecule has 0 radical (unpaired) electrons. The number of amides is 2. The van der Waals surface area contributed by atoms with Crippen molar-refractivity contribution in [2.24, 2.45) is 0 Å². The first kappa shape index (κ1) is 64.3. The van der Waals surface area contributed by atoms with Gasteiger partial charge in [0.2, 0.25) is 17.8 Å². The van der Waals surface area contributed by atoms with Crippen molar-refractivity contribution in [1.29, 1.82) is 0 Å². The van der Waals surface area contributed by atoms with Crippen molar-refractivity contribution >= 4 is 79.2 Å². The van der Waals surface area contributed by atoms with Gasteiger partial charge in [0.15, 0.2) is 34.8 Å². The largest absolute Gasteiger partial charge is 0.493 e. The Morgan fingerprint density at radius 3 is 1.72 bits per heavy atom. The lowest BCUT2D eigenvalue weighted by Gasteiger charge is -2.37. The van der Waals surface area contributed by atoms with Crippen LogP contribution in [0.1, 0.15) is 63.4 Å². The fourth-order valence-corrected chi connectivity index (χ4v) is 9.54. The van der Waals surface area contributed by atoms with Gasteiger partial charge in [-0.1, -0.05) is 0 Å². The molecule has 10 heterocycles. The first-order valence-electron chi connectivity index (χ1n) is 27.8. The average Bonchev–Trinajstić information content (AvgIpc) is 1.70. The number of alkyl halides is 7. The number of pyridine rings is 3. The average molecular weight is 1270 g/mol. The Balaban J connectivity index is 0.000000480. The maximum absolute atomic E-state index is 12.8. The Morgan fingerprint density at radius 2 is 1.17 bits per heavy atom. The minimum absolute atomic E-state index is 0. The number of methoxy groups -OCH3 is 2. The number of anilines is 3. The van der Waals surface area contributed by atoms with Crippen LogP contribution in [0, 0.1) is 0 Å². The molecule has 1 saturated heterocycles. The number of carbonyl (C=O) groups excluding carboxylic acids is 3. The molecule has 10 aromatic rings. The molecule has 2 amide bonds. The minimum Gasteiger partial charge on any atom is -0.493 e. The number of fused-ring (bicyclic) bond motifs is 4. The van der Waals surface area contributed by atoms with E-state index in [0.717, 1.165) is 27.3 Å². The molecule has 0 unspecified atom stereocenters. The number of H-pyrrole nitrogens is 3. The number of aromatic amines is 3. The van der Waals surface area contributed by atoms with Crippen LogP contribution in [0.3, 0.4) is 0 Å². The summed E-state index contributed by atoms with van der Waals surface area (Å²) in [4.78, 5) is 90.0. The number of halogens is 7. The van der Waals surface area contributed by atoms with Crippen LogP contribution in [-0.2, 0) is 19.1 Å². The lowest BCUT2D eigenvalue weighted by molar-refractivity contribution is -0.146. The number of aromatic nitrogens is 13. The van der Waals surface area contributed by atoms with Crippen LogP contribution in [0.4, 0.5) is 48.3 Å². The molecule has 1 aliphatic heterocycles. The lowest BCUT2D eigenvalue weighted by Crippen LogP contribution is -2.51. The number of ether oxygens (including phenoxy) is 3. The molecule has 9 aromatic heterocycles. The SMILES string of the molecule is CC(C)(Nc1ncnc(-c2c[nH]c3ncccc23)n1)C(=O)NCC(F)(F)F.COc1cc2nc(-c3c[nH]c4ncccc34)nc(NC(C)(C)C(=O)NCCF)c2cc1OC.O=C(CCC(F)(F)F)C1(Nc2ccnc(-c3c[nH]c4ncccc34)n2)CCOCC1.[HH].[HH].[HH].[HH].[HH].[HH].[HH]. The molecule has 8 N–H and O–H groups in total. The fourth-order valence-electron chi connectivity index (χ4n) is 9.54. The van der Waals surface area contributed by atoms with E-state index in [1.807, 2.05) is 29.6 Å². The number of carbonyl (C=O) groups is 3. The number of nitrogens with one attached hydrogen (secondary N) is 8. The predicted octanol–water partition coefficient (Wildman–Crippen LogP) is 11.4. The zero-order chi connectivity index (χ0) is 64.4. The Kier molecular flexibility index (Phi) is 19.3. The van der Waals surface area contributed by atoms with Gasteiger partial charge in [-0.15, -0.1) is 0 Å². The molecular weight excluding hydrogens is 1190 g/mol. The van der Waals surface area contributed by atoms with Gasteiger partial charge in [-0.05, 0) is 76.2 Å². The van der Waals surface area contributed by atoms with Gasteiger partial charge in [-0.3, -0.25) is 14.4 Å². The first-order chi connectivity index (χ1) is 42.9. The van der Waals surface area contributed by atoms with Crippen LogP contribution < -0.4 is 36.1 Å². The van der Waals surface area contributed by atoms with Gasteiger partial charge in [0, 0.05) is 137 Å². The number of nitrogens with zero attached hydrogens (tertiary/aromatic N) is 10. The quantitative estimate of drug-likeness (QED) is 0.0349. The number of rotatable bonds is 19. The number of benzene rings is 1. The summed E-state index contributed by atoms with van der Waals surface area (Å²) in [5.41, 5.74) is 1.26. The van der Waals surface area contributed by atoms with Gasteiger partial charge in [0.05, 0.1) is 26.2 Å². The van der Waals surface area contributed by atoms with E-state index in [4.69, 9.17) is 24.2 Å². The maximum atomic E-state index is 12.8. The minimum atomic E-state index is -4.49. The van der Waals surface area contributed by atoms with Crippen LogP contribution in [0.15, 0.2) is 104 Å². The molecule has 0 aliphatic carbocycles. The summed E-state index contributed by atoms with van der Waals surface area (Å²) in [5.74, 6) is 1.39. The van der Waals surface area contributed by atoms with Crippen LogP contribution in [0.5, 0.6) is 11.5 Å². The zero-order valence-corrected chi connectivity index (χ0v) is 49.2. The van der Waals surface area contributed by atoms with Crippen molar-refractivity contribution in [3.63, 3.8) is 0 Å². The molecule has 90 heavy (non-hydrogen) atoms. The van der Waals surface area contributed by atoms with Gasteiger partial charge >= 0.3 is 12.4 Å². The van der Waals surface area contributed by atoms with Crippen LogP contribution >= 0.6 is 0 Å². The summed E-state index contributed by atoms with van der Waals surface area (Å²) in [6.45, 7) is 4.71.